The number of aryl methyl sites for hydroxylation is 1. The second-order valence-electron chi connectivity index (χ2n) is 5.70. The van der Waals surface area contributed by atoms with Crippen molar-refractivity contribution < 1.29 is 29.1 Å². The number of amides is 1. The molecule has 142 valence electrons. The van der Waals surface area contributed by atoms with Gasteiger partial charge in [0, 0.05) is 12.1 Å². The van der Waals surface area contributed by atoms with Crippen molar-refractivity contribution >= 4 is 23.3 Å². The van der Waals surface area contributed by atoms with E-state index < -0.39 is 22.9 Å². The molecular formula is C18H18N2O7. The number of nitrogens with zero attached hydrogens (tertiary/aromatic N) is 1. The highest BCUT2D eigenvalue weighted by Crippen LogP contribution is 2.29. The SMILES string of the molecule is COc1ccc([N+](=O)[O-])cc1NC(=O)[C@H](C)OC(=O)c1ccc(C)cc1O. The molecule has 2 rings (SSSR count). The third kappa shape index (κ3) is 4.72. The van der Waals surface area contributed by atoms with Crippen molar-refractivity contribution in [1.82, 2.24) is 0 Å². The Morgan fingerprint density at radius 3 is 2.52 bits per heavy atom. The molecule has 0 spiro atoms. The summed E-state index contributed by atoms with van der Waals surface area (Å²) in [6, 6.07) is 8.12. The number of esters is 1. The zero-order valence-corrected chi connectivity index (χ0v) is 14.9. The normalized spacial score (nSPS) is 11.4. The molecule has 2 aromatic carbocycles. The number of rotatable bonds is 6. The highest BCUT2D eigenvalue weighted by molar-refractivity contribution is 5.99. The van der Waals surface area contributed by atoms with E-state index >= 15 is 0 Å². The molecule has 0 aliphatic rings. The van der Waals surface area contributed by atoms with Gasteiger partial charge in [-0.15, -0.1) is 0 Å². The largest absolute Gasteiger partial charge is 0.507 e. The second-order valence-corrected chi connectivity index (χ2v) is 5.70. The van der Waals surface area contributed by atoms with Gasteiger partial charge in [-0.3, -0.25) is 14.9 Å². The summed E-state index contributed by atoms with van der Waals surface area (Å²) in [6.07, 6.45) is -1.22. The lowest BCUT2D eigenvalue weighted by Crippen LogP contribution is -2.30. The number of nitro groups is 1. The number of methoxy groups -OCH3 is 1. The number of ether oxygens (including phenoxy) is 2. The molecule has 2 aromatic rings. The van der Waals surface area contributed by atoms with Crippen molar-refractivity contribution in [2.24, 2.45) is 0 Å². The molecule has 0 heterocycles. The van der Waals surface area contributed by atoms with Gasteiger partial charge < -0.3 is 19.9 Å². The number of nitro benzene ring substituents is 1. The average molecular weight is 374 g/mol. The number of phenols is 1. The number of hydrogen-bond acceptors (Lipinski definition) is 7. The number of benzene rings is 2. The van der Waals surface area contributed by atoms with Crippen LogP contribution in [0.25, 0.3) is 0 Å². The van der Waals surface area contributed by atoms with Crippen LogP contribution in [0, 0.1) is 17.0 Å². The van der Waals surface area contributed by atoms with Crippen molar-refractivity contribution in [3.05, 3.63) is 57.6 Å². The van der Waals surface area contributed by atoms with E-state index in [4.69, 9.17) is 9.47 Å². The number of non-ortho nitro benzene ring substituents is 1. The molecule has 0 unspecified atom stereocenters. The molecule has 0 bridgehead atoms. The maximum absolute atomic E-state index is 12.3. The first-order valence-corrected chi connectivity index (χ1v) is 7.86. The first-order chi connectivity index (χ1) is 12.7. The summed E-state index contributed by atoms with van der Waals surface area (Å²) in [6.45, 7) is 3.08. The predicted molar refractivity (Wildman–Crippen MR) is 96.0 cm³/mol. The molecular weight excluding hydrogens is 356 g/mol. The first kappa shape index (κ1) is 19.7. The lowest BCUT2D eigenvalue weighted by atomic mass is 10.1. The number of anilines is 1. The number of nitrogens with one attached hydrogen (secondary N) is 1. The molecule has 0 saturated heterocycles. The van der Waals surface area contributed by atoms with Crippen LogP contribution in [0.5, 0.6) is 11.5 Å². The number of carbonyl (C=O) groups excluding carboxylic acids is 2. The summed E-state index contributed by atoms with van der Waals surface area (Å²) in [7, 11) is 1.35. The van der Waals surface area contributed by atoms with Crippen LogP contribution in [0.3, 0.4) is 0 Å². The Labute approximate surface area is 154 Å². The van der Waals surface area contributed by atoms with E-state index in [0.717, 1.165) is 11.6 Å². The van der Waals surface area contributed by atoms with Gasteiger partial charge >= 0.3 is 5.97 Å². The minimum atomic E-state index is -1.22. The van der Waals surface area contributed by atoms with E-state index in [9.17, 15) is 24.8 Å². The lowest BCUT2D eigenvalue weighted by molar-refractivity contribution is -0.384. The standard InChI is InChI=1S/C18H18N2O7/c1-10-4-6-13(15(21)8-10)18(23)27-11(2)17(22)19-14-9-12(20(24)25)5-7-16(14)26-3/h4-9,11,21H,1-3H3,(H,19,22)/t11-/m0/s1. The van der Waals surface area contributed by atoms with E-state index in [1.165, 1.54) is 38.3 Å². The molecule has 27 heavy (non-hydrogen) atoms. The Kier molecular flexibility index (Phi) is 5.96. The molecule has 0 fully saturated rings. The van der Waals surface area contributed by atoms with Gasteiger partial charge in [0.05, 0.1) is 17.7 Å². The Bertz CT molecular complexity index is 895. The smallest absolute Gasteiger partial charge is 0.342 e. The van der Waals surface area contributed by atoms with Gasteiger partial charge in [-0.1, -0.05) is 6.07 Å². The maximum Gasteiger partial charge on any atom is 0.342 e. The zero-order chi connectivity index (χ0) is 20.1. The first-order valence-electron chi connectivity index (χ1n) is 7.86. The van der Waals surface area contributed by atoms with Gasteiger partial charge in [-0.25, -0.2) is 4.79 Å². The quantitative estimate of drug-likeness (QED) is 0.452. The van der Waals surface area contributed by atoms with Crippen LogP contribution in [-0.2, 0) is 9.53 Å². The van der Waals surface area contributed by atoms with E-state index in [1.807, 2.05) is 0 Å². The third-order valence-corrected chi connectivity index (χ3v) is 3.68. The average Bonchev–Trinajstić information content (AvgIpc) is 2.61. The van der Waals surface area contributed by atoms with Crippen LogP contribution in [-0.4, -0.2) is 35.1 Å². The topological polar surface area (TPSA) is 128 Å². The molecule has 0 aliphatic heterocycles. The Morgan fingerprint density at radius 1 is 1.22 bits per heavy atom. The molecule has 9 nitrogen and oxygen atoms in total. The van der Waals surface area contributed by atoms with Crippen LogP contribution >= 0.6 is 0 Å². The molecule has 1 amide bonds. The van der Waals surface area contributed by atoms with Crippen molar-refractivity contribution in [2.45, 2.75) is 20.0 Å². The molecule has 9 heteroatoms. The van der Waals surface area contributed by atoms with Crippen molar-refractivity contribution in [1.29, 1.82) is 0 Å². The van der Waals surface area contributed by atoms with E-state index in [2.05, 4.69) is 5.32 Å². The monoisotopic (exact) mass is 374 g/mol. The maximum atomic E-state index is 12.3. The highest BCUT2D eigenvalue weighted by atomic mass is 16.6. The summed E-state index contributed by atoms with van der Waals surface area (Å²) in [5, 5.41) is 23.1. The lowest BCUT2D eigenvalue weighted by Gasteiger charge is -2.15. The molecule has 0 aromatic heterocycles. The minimum absolute atomic E-state index is 0.0674. The van der Waals surface area contributed by atoms with Gasteiger partial charge in [0.25, 0.3) is 11.6 Å². The van der Waals surface area contributed by atoms with Gasteiger partial charge in [-0.2, -0.15) is 0 Å². The van der Waals surface area contributed by atoms with Crippen LogP contribution in [0.1, 0.15) is 22.8 Å². The molecule has 1 atom stereocenters. The van der Waals surface area contributed by atoms with Gasteiger partial charge in [0.15, 0.2) is 6.10 Å². The van der Waals surface area contributed by atoms with E-state index in [0.29, 0.717) is 0 Å². The van der Waals surface area contributed by atoms with E-state index in [-0.39, 0.29) is 28.4 Å². The summed E-state index contributed by atoms with van der Waals surface area (Å²) in [4.78, 5) is 34.7. The van der Waals surface area contributed by atoms with Crippen LogP contribution in [0.4, 0.5) is 11.4 Å². The molecule has 0 radical (unpaired) electrons. The predicted octanol–water partition coefficient (Wildman–Crippen LogP) is 2.80. The summed E-state index contributed by atoms with van der Waals surface area (Å²) in [5.41, 5.74) is 0.513. The van der Waals surface area contributed by atoms with Gasteiger partial charge in [0.1, 0.15) is 17.1 Å². The van der Waals surface area contributed by atoms with Crippen molar-refractivity contribution in [2.75, 3.05) is 12.4 Å². The Morgan fingerprint density at radius 2 is 1.93 bits per heavy atom. The minimum Gasteiger partial charge on any atom is -0.507 e. The van der Waals surface area contributed by atoms with Gasteiger partial charge in [-0.05, 0) is 37.6 Å². The van der Waals surface area contributed by atoms with Crippen molar-refractivity contribution in [3.8, 4) is 11.5 Å². The van der Waals surface area contributed by atoms with Crippen molar-refractivity contribution in [3.63, 3.8) is 0 Å². The fourth-order valence-corrected chi connectivity index (χ4v) is 2.23. The molecule has 0 saturated carbocycles. The third-order valence-electron chi connectivity index (χ3n) is 3.68. The Balaban J connectivity index is 2.12. The van der Waals surface area contributed by atoms with Crippen LogP contribution < -0.4 is 10.1 Å². The number of phenolic OH excluding ortho intramolecular Hbond substituents is 1. The summed E-state index contributed by atoms with van der Waals surface area (Å²) in [5.74, 6) is -1.63. The van der Waals surface area contributed by atoms with E-state index in [1.54, 1.807) is 13.0 Å². The number of hydrogen-bond donors (Lipinski definition) is 2. The molecule has 0 aliphatic carbocycles. The van der Waals surface area contributed by atoms with Gasteiger partial charge in [0.2, 0.25) is 0 Å². The fraction of sp³-hybridized carbons (Fsp3) is 0.222. The summed E-state index contributed by atoms with van der Waals surface area (Å²) >= 11 is 0. The zero-order valence-electron chi connectivity index (χ0n) is 14.9. The van der Waals surface area contributed by atoms with Crippen LogP contribution in [0.2, 0.25) is 0 Å². The molecule has 2 N–H and O–H groups in total. The number of carbonyl (C=O) groups is 2. The Hall–Kier alpha value is -3.62. The summed E-state index contributed by atoms with van der Waals surface area (Å²) < 4.78 is 10.1. The fourth-order valence-electron chi connectivity index (χ4n) is 2.23. The van der Waals surface area contributed by atoms with Crippen LogP contribution in [0.15, 0.2) is 36.4 Å². The number of aromatic hydroxyl groups is 1. The second kappa shape index (κ2) is 8.17. The highest BCUT2D eigenvalue weighted by Gasteiger charge is 2.23.